The summed E-state index contributed by atoms with van der Waals surface area (Å²) in [5.74, 6) is 2.24. The maximum atomic E-state index is 5.81. The molecule has 2 aromatic rings. The van der Waals surface area contributed by atoms with Crippen molar-refractivity contribution in [3.8, 4) is 22.9 Å². The van der Waals surface area contributed by atoms with Gasteiger partial charge in [-0.3, -0.25) is 0 Å². The monoisotopic (exact) mass is 500 g/mol. The zero-order valence-corrected chi connectivity index (χ0v) is 22.7. The van der Waals surface area contributed by atoms with Crippen molar-refractivity contribution < 1.29 is 18.9 Å². The number of unbranched alkanes of at least 4 members (excludes halogenated alkanes) is 8. The first-order valence-corrected chi connectivity index (χ1v) is 14.2. The van der Waals surface area contributed by atoms with Crippen LogP contribution in [0.25, 0.3) is 11.4 Å². The SMILES string of the molecule is CCCCCCCCCOCCCCOc1cnc(-c2ccc(OCCCCOCCC)cc2)nc1. The minimum Gasteiger partial charge on any atom is -0.494 e. The summed E-state index contributed by atoms with van der Waals surface area (Å²) in [6.07, 6.45) is 17.8. The van der Waals surface area contributed by atoms with E-state index in [2.05, 4.69) is 23.8 Å². The standard InChI is InChI=1S/C30H48N2O4/c1-3-5-6-7-8-9-10-20-34-22-12-14-24-36-29-25-31-30(32-26-29)27-15-17-28(18-16-27)35-23-13-11-21-33-19-4-2/h15-18,25-26H,3-14,19-24H2,1-2H3. The van der Waals surface area contributed by atoms with Gasteiger partial charge in [0.1, 0.15) is 5.75 Å². The Morgan fingerprint density at radius 1 is 0.500 bits per heavy atom. The van der Waals surface area contributed by atoms with Crippen LogP contribution in [0.3, 0.4) is 0 Å². The Kier molecular flexibility index (Phi) is 17.5. The van der Waals surface area contributed by atoms with E-state index >= 15 is 0 Å². The molecular weight excluding hydrogens is 452 g/mol. The van der Waals surface area contributed by atoms with Crippen molar-refractivity contribution in [3.05, 3.63) is 36.7 Å². The van der Waals surface area contributed by atoms with Crippen LogP contribution >= 0.6 is 0 Å². The van der Waals surface area contributed by atoms with Gasteiger partial charge in [-0.1, -0.05) is 52.4 Å². The van der Waals surface area contributed by atoms with Crippen molar-refractivity contribution >= 4 is 0 Å². The average Bonchev–Trinajstić information content (AvgIpc) is 2.91. The van der Waals surface area contributed by atoms with Gasteiger partial charge in [0.25, 0.3) is 0 Å². The van der Waals surface area contributed by atoms with Crippen LogP contribution < -0.4 is 9.47 Å². The van der Waals surface area contributed by atoms with Crippen molar-refractivity contribution in [2.75, 3.05) is 39.6 Å². The van der Waals surface area contributed by atoms with Gasteiger partial charge < -0.3 is 18.9 Å². The normalized spacial score (nSPS) is 11.1. The van der Waals surface area contributed by atoms with Crippen molar-refractivity contribution in [1.29, 1.82) is 0 Å². The third-order valence-electron chi connectivity index (χ3n) is 5.88. The summed E-state index contributed by atoms with van der Waals surface area (Å²) < 4.78 is 22.8. The number of aromatic nitrogens is 2. The summed E-state index contributed by atoms with van der Waals surface area (Å²) in [6.45, 7) is 9.06. The van der Waals surface area contributed by atoms with Crippen LogP contribution in [0.1, 0.15) is 90.9 Å². The molecule has 0 atom stereocenters. The Hall–Kier alpha value is -2.18. The van der Waals surface area contributed by atoms with Crippen LogP contribution in [0.15, 0.2) is 36.7 Å². The minimum atomic E-state index is 0.653. The zero-order valence-electron chi connectivity index (χ0n) is 22.7. The van der Waals surface area contributed by atoms with Gasteiger partial charge in [-0.15, -0.1) is 0 Å². The van der Waals surface area contributed by atoms with Crippen LogP contribution in [0, 0.1) is 0 Å². The first-order valence-electron chi connectivity index (χ1n) is 14.2. The van der Waals surface area contributed by atoms with Crippen LogP contribution in [-0.2, 0) is 9.47 Å². The Labute approximate surface area is 219 Å². The van der Waals surface area contributed by atoms with Crippen molar-refractivity contribution in [2.45, 2.75) is 90.9 Å². The molecule has 36 heavy (non-hydrogen) atoms. The van der Waals surface area contributed by atoms with Crippen molar-refractivity contribution in [3.63, 3.8) is 0 Å². The fourth-order valence-corrected chi connectivity index (χ4v) is 3.74. The van der Waals surface area contributed by atoms with E-state index in [0.29, 0.717) is 24.8 Å². The van der Waals surface area contributed by atoms with E-state index < -0.39 is 0 Å². The second-order valence-corrected chi connectivity index (χ2v) is 9.22. The molecule has 0 aliphatic rings. The van der Waals surface area contributed by atoms with Crippen LogP contribution in [0.4, 0.5) is 0 Å². The van der Waals surface area contributed by atoms with Gasteiger partial charge in [-0.05, 0) is 62.8 Å². The van der Waals surface area contributed by atoms with E-state index in [1.807, 2.05) is 24.3 Å². The maximum Gasteiger partial charge on any atom is 0.159 e. The fraction of sp³-hybridized carbons (Fsp3) is 0.667. The van der Waals surface area contributed by atoms with E-state index in [4.69, 9.17) is 18.9 Å². The summed E-state index contributed by atoms with van der Waals surface area (Å²) in [7, 11) is 0. The highest BCUT2D eigenvalue weighted by molar-refractivity contribution is 5.56. The number of nitrogens with zero attached hydrogens (tertiary/aromatic N) is 2. The molecule has 0 aliphatic heterocycles. The lowest BCUT2D eigenvalue weighted by Crippen LogP contribution is -2.02. The average molecular weight is 501 g/mol. The molecule has 1 aromatic carbocycles. The van der Waals surface area contributed by atoms with Gasteiger partial charge >= 0.3 is 0 Å². The van der Waals surface area contributed by atoms with E-state index in [1.165, 1.54) is 44.9 Å². The summed E-state index contributed by atoms with van der Waals surface area (Å²) in [5, 5.41) is 0. The fourth-order valence-electron chi connectivity index (χ4n) is 3.74. The zero-order chi connectivity index (χ0) is 25.5. The molecule has 6 nitrogen and oxygen atoms in total. The highest BCUT2D eigenvalue weighted by atomic mass is 16.5. The minimum absolute atomic E-state index is 0.653. The molecule has 0 amide bonds. The molecule has 1 aromatic heterocycles. The smallest absolute Gasteiger partial charge is 0.159 e. The van der Waals surface area contributed by atoms with Crippen LogP contribution in [-0.4, -0.2) is 49.6 Å². The lowest BCUT2D eigenvalue weighted by Gasteiger charge is -2.08. The van der Waals surface area contributed by atoms with Gasteiger partial charge in [-0.25, -0.2) is 9.97 Å². The van der Waals surface area contributed by atoms with Gasteiger partial charge in [0, 0.05) is 32.0 Å². The number of hydrogen-bond donors (Lipinski definition) is 0. The maximum absolute atomic E-state index is 5.81. The second-order valence-electron chi connectivity index (χ2n) is 9.22. The third kappa shape index (κ3) is 14.4. The molecule has 0 bridgehead atoms. The Morgan fingerprint density at radius 3 is 1.61 bits per heavy atom. The summed E-state index contributed by atoms with van der Waals surface area (Å²) >= 11 is 0. The van der Waals surface area contributed by atoms with Gasteiger partial charge in [0.2, 0.25) is 0 Å². The van der Waals surface area contributed by atoms with Gasteiger partial charge in [0.15, 0.2) is 11.6 Å². The highest BCUT2D eigenvalue weighted by Crippen LogP contribution is 2.20. The Bertz CT molecular complexity index is 753. The van der Waals surface area contributed by atoms with E-state index in [-0.39, 0.29) is 0 Å². The number of ether oxygens (including phenoxy) is 4. The molecule has 2 rings (SSSR count). The predicted octanol–water partition coefficient (Wildman–Crippen LogP) is 7.66. The molecule has 0 radical (unpaired) electrons. The molecule has 0 N–H and O–H groups in total. The summed E-state index contributed by atoms with van der Waals surface area (Å²) in [5.41, 5.74) is 0.958. The van der Waals surface area contributed by atoms with E-state index in [1.54, 1.807) is 12.4 Å². The van der Waals surface area contributed by atoms with Crippen molar-refractivity contribution in [1.82, 2.24) is 9.97 Å². The molecule has 0 spiro atoms. The molecule has 0 fully saturated rings. The van der Waals surface area contributed by atoms with E-state index in [0.717, 1.165) is 69.8 Å². The molecular formula is C30H48N2O4. The number of hydrogen-bond acceptors (Lipinski definition) is 6. The first kappa shape index (κ1) is 30.0. The number of rotatable bonds is 23. The molecule has 0 saturated heterocycles. The molecule has 0 unspecified atom stereocenters. The molecule has 0 aliphatic carbocycles. The van der Waals surface area contributed by atoms with Crippen LogP contribution in [0.5, 0.6) is 11.5 Å². The number of benzene rings is 1. The highest BCUT2D eigenvalue weighted by Gasteiger charge is 2.04. The lowest BCUT2D eigenvalue weighted by atomic mass is 10.1. The topological polar surface area (TPSA) is 62.7 Å². The summed E-state index contributed by atoms with van der Waals surface area (Å²) in [4.78, 5) is 8.91. The first-order chi connectivity index (χ1) is 17.8. The predicted molar refractivity (Wildman–Crippen MR) is 147 cm³/mol. The third-order valence-corrected chi connectivity index (χ3v) is 5.88. The molecule has 0 saturated carbocycles. The van der Waals surface area contributed by atoms with Crippen molar-refractivity contribution in [2.24, 2.45) is 0 Å². The van der Waals surface area contributed by atoms with Crippen LogP contribution in [0.2, 0.25) is 0 Å². The second kappa shape index (κ2) is 21.0. The Morgan fingerprint density at radius 2 is 1.00 bits per heavy atom. The van der Waals surface area contributed by atoms with E-state index in [9.17, 15) is 0 Å². The van der Waals surface area contributed by atoms with Gasteiger partial charge in [-0.2, -0.15) is 0 Å². The van der Waals surface area contributed by atoms with Gasteiger partial charge in [0.05, 0.1) is 25.6 Å². The molecule has 1 heterocycles. The lowest BCUT2D eigenvalue weighted by molar-refractivity contribution is 0.122. The Balaban J connectivity index is 1.51. The largest absolute Gasteiger partial charge is 0.494 e. The molecule has 6 heteroatoms. The quantitative estimate of drug-likeness (QED) is 0.146. The molecule has 202 valence electrons. The summed E-state index contributed by atoms with van der Waals surface area (Å²) in [6, 6.07) is 7.91.